The molecular formula is C24H33N5O2. The van der Waals surface area contributed by atoms with E-state index in [1.807, 2.05) is 66.5 Å². The minimum atomic E-state index is -0.647. The molecule has 0 radical (unpaired) electrons. The predicted octanol–water partition coefficient (Wildman–Crippen LogP) is 2.02. The summed E-state index contributed by atoms with van der Waals surface area (Å²) in [6.45, 7) is 9.60. The molecule has 1 fully saturated rings. The fourth-order valence-electron chi connectivity index (χ4n) is 3.63. The first-order valence-corrected chi connectivity index (χ1v) is 10.9. The van der Waals surface area contributed by atoms with E-state index >= 15 is 0 Å². The summed E-state index contributed by atoms with van der Waals surface area (Å²) < 4.78 is 0. The number of hydrogen-bond donors (Lipinski definition) is 2. The standard InChI is InChI=1S/C24H33N5O2/c1-3-28-15-17-29(18-16-28)19-20-9-11-21(12-10-20)26-24(31)23(30)25-13-14-27(2)22-7-5-4-6-8-22/h4-12H,3,13-19H2,1-2H3,(H,25,30)(H,26,31). The van der Waals surface area contributed by atoms with Gasteiger partial charge in [-0.1, -0.05) is 37.3 Å². The third-order valence-corrected chi connectivity index (χ3v) is 5.67. The highest BCUT2D eigenvalue weighted by atomic mass is 16.2. The van der Waals surface area contributed by atoms with Crippen molar-refractivity contribution in [2.45, 2.75) is 13.5 Å². The van der Waals surface area contributed by atoms with Crippen LogP contribution in [0, 0.1) is 0 Å². The number of hydrogen-bond acceptors (Lipinski definition) is 5. The lowest BCUT2D eigenvalue weighted by molar-refractivity contribution is -0.136. The lowest BCUT2D eigenvalue weighted by atomic mass is 10.1. The van der Waals surface area contributed by atoms with E-state index in [0.717, 1.165) is 45.0 Å². The summed E-state index contributed by atoms with van der Waals surface area (Å²) in [7, 11) is 1.95. The van der Waals surface area contributed by atoms with Crippen LogP contribution in [0.15, 0.2) is 54.6 Å². The van der Waals surface area contributed by atoms with Crippen molar-refractivity contribution in [1.82, 2.24) is 15.1 Å². The number of carbonyl (C=O) groups is 2. The monoisotopic (exact) mass is 423 g/mol. The van der Waals surface area contributed by atoms with Crippen LogP contribution >= 0.6 is 0 Å². The van der Waals surface area contributed by atoms with Gasteiger partial charge in [0.15, 0.2) is 0 Å². The zero-order valence-electron chi connectivity index (χ0n) is 18.5. The molecule has 2 N–H and O–H groups in total. The van der Waals surface area contributed by atoms with Gasteiger partial charge in [-0.15, -0.1) is 0 Å². The highest BCUT2D eigenvalue weighted by Crippen LogP contribution is 2.13. The van der Waals surface area contributed by atoms with E-state index in [1.54, 1.807) is 0 Å². The normalized spacial score (nSPS) is 14.8. The smallest absolute Gasteiger partial charge is 0.313 e. The molecule has 166 valence electrons. The zero-order chi connectivity index (χ0) is 22.1. The van der Waals surface area contributed by atoms with Gasteiger partial charge in [-0.05, 0) is 36.4 Å². The van der Waals surface area contributed by atoms with E-state index in [-0.39, 0.29) is 0 Å². The molecule has 0 bridgehead atoms. The number of amides is 2. The number of para-hydroxylation sites is 1. The van der Waals surface area contributed by atoms with Crippen LogP contribution < -0.4 is 15.5 Å². The molecule has 1 aliphatic heterocycles. The predicted molar refractivity (Wildman–Crippen MR) is 125 cm³/mol. The molecule has 0 spiro atoms. The lowest BCUT2D eigenvalue weighted by Gasteiger charge is -2.34. The molecule has 0 unspecified atom stereocenters. The Morgan fingerprint density at radius 2 is 1.55 bits per heavy atom. The second-order valence-electron chi connectivity index (χ2n) is 7.87. The van der Waals surface area contributed by atoms with E-state index < -0.39 is 11.8 Å². The quantitative estimate of drug-likeness (QED) is 0.636. The molecule has 3 rings (SSSR count). The molecule has 0 aliphatic carbocycles. The van der Waals surface area contributed by atoms with Gasteiger partial charge in [-0.2, -0.15) is 0 Å². The summed E-state index contributed by atoms with van der Waals surface area (Å²) in [5, 5.41) is 5.34. The molecule has 31 heavy (non-hydrogen) atoms. The van der Waals surface area contributed by atoms with Gasteiger partial charge < -0.3 is 20.4 Å². The van der Waals surface area contributed by atoms with Gasteiger partial charge in [0, 0.05) is 64.2 Å². The molecule has 1 aliphatic rings. The van der Waals surface area contributed by atoms with E-state index in [4.69, 9.17) is 0 Å². The topological polar surface area (TPSA) is 67.9 Å². The maximum absolute atomic E-state index is 12.2. The molecule has 2 aromatic rings. The number of likely N-dealkylation sites (N-methyl/N-ethyl adjacent to an activating group) is 2. The van der Waals surface area contributed by atoms with Gasteiger partial charge in [0.2, 0.25) is 0 Å². The third kappa shape index (κ3) is 7.08. The van der Waals surface area contributed by atoms with Crippen LogP contribution in [0.4, 0.5) is 11.4 Å². The number of benzene rings is 2. The van der Waals surface area contributed by atoms with E-state index in [9.17, 15) is 9.59 Å². The molecule has 7 nitrogen and oxygen atoms in total. The summed E-state index contributed by atoms with van der Waals surface area (Å²) >= 11 is 0. The average Bonchev–Trinajstić information content (AvgIpc) is 2.81. The van der Waals surface area contributed by atoms with Crippen LogP contribution in [0.25, 0.3) is 0 Å². The maximum Gasteiger partial charge on any atom is 0.313 e. The van der Waals surface area contributed by atoms with Crippen molar-refractivity contribution in [3.8, 4) is 0 Å². The fraction of sp³-hybridized carbons (Fsp3) is 0.417. The molecule has 2 aromatic carbocycles. The van der Waals surface area contributed by atoms with Crippen molar-refractivity contribution in [3.63, 3.8) is 0 Å². The first-order chi connectivity index (χ1) is 15.0. The summed E-state index contributed by atoms with van der Waals surface area (Å²) in [5.74, 6) is -1.27. The number of piperazine rings is 1. The highest BCUT2D eigenvalue weighted by Gasteiger charge is 2.16. The largest absolute Gasteiger partial charge is 0.373 e. The Morgan fingerprint density at radius 3 is 2.19 bits per heavy atom. The number of anilines is 2. The van der Waals surface area contributed by atoms with Crippen molar-refractivity contribution in [3.05, 3.63) is 60.2 Å². The number of nitrogens with zero attached hydrogens (tertiary/aromatic N) is 3. The summed E-state index contributed by atoms with van der Waals surface area (Å²) in [5.41, 5.74) is 2.89. The molecule has 7 heteroatoms. The summed E-state index contributed by atoms with van der Waals surface area (Å²) in [6, 6.07) is 17.6. The van der Waals surface area contributed by atoms with Crippen molar-refractivity contribution in [1.29, 1.82) is 0 Å². The molecule has 2 amide bonds. The van der Waals surface area contributed by atoms with Crippen LogP contribution in [0.1, 0.15) is 12.5 Å². The van der Waals surface area contributed by atoms with Gasteiger partial charge >= 0.3 is 11.8 Å². The number of nitrogens with one attached hydrogen (secondary N) is 2. The highest BCUT2D eigenvalue weighted by molar-refractivity contribution is 6.39. The molecule has 1 heterocycles. The first kappa shape index (κ1) is 22.8. The second kappa shape index (κ2) is 11.5. The van der Waals surface area contributed by atoms with Gasteiger partial charge in [0.25, 0.3) is 0 Å². The summed E-state index contributed by atoms with van der Waals surface area (Å²) in [4.78, 5) is 31.2. The summed E-state index contributed by atoms with van der Waals surface area (Å²) in [6.07, 6.45) is 0. The van der Waals surface area contributed by atoms with Crippen LogP contribution in [-0.4, -0.2) is 74.5 Å². The van der Waals surface area contributed by atoms with E-state index in [1.165, 1.54) is 5.56 Å². The van der Waals surface area contributed by atoms with Gasteiger partial charge in [0.1, 0.15) is 0 Å². The number of rotatable bonds is 8. The SMILES string of the molecule is CCN1CCN(Cc2ccc(NC(=O)C(=O)NCCN(C)c3ccccc3)cc2)CC1. The average molecular weight is 424 g/mol. The van der Waals surface area contributed by atoms with Crippen molar-refractivity contribution >= 4 is 23.2 Å². The minimum absolute atomic E-state index is 0.391. The molecule has 0 saturated carbocycles. The second-order valence-corrected chi connectivity index (χ2v) is 7.87. The van der Waals surface area contributed by atoms with Crippen molar-refractivity contribution in [2.75, 3.05) is 63.1 Å². The van der Waals surface area contributed by atoms with Crippen molar-refractivity contribution < 1.29 is 9.59 Å². The van der Waals surface area contributed by atoms with Crippen molar-refractivity contribution in [2.24, 2.45) is 0 Å². The fourth-order valence-corrected chi connectivity index (χ4v) is 3.63. The maximum atomic E-state index is 12.2. The molecule has 0 atom stereocenters. The minimum Gasteiger partial charge on any atom is -0.373 e. The Hall–Kier alpha value is -2.90. The van der Waals surface area contributed by atoms with Crippen LogP contribution in [0.3, 0.4) is 0 Å². The molecule has 1 saturated heterocycles. The Labute approximate surface area is 185 Å². The number of carbonyl (C=O) groups excluding carboxylic acids is 2. The molecule has 0 aromatic heterocycles. The van der Waals surface area contributed by atoms with Crippen LogP contribution in [0.5, 0.6) is 0 Å². The Morgan fingerprint density at radius 1 is 0.903 bits per heavy atom. The lowest BCUT2D eigenvalue weighted by Crippen LogP contribution is -2.45. The Kier molecular flexibility index (Phi) is 8.44. The van der Waals surface area contributed by atoms with E-state index in [2.05, 4.69) is 27.4 Å². The van der Waals surface area contributed by atoms with Gasteiger partial charge in [0.05, 0.1) is 0 Å². The first-order valence-electron chi connectivity index (χ1n) is 10.9. The zero-order valence-corrected chi connectivity index (χ0v) is 18.5. The molecular weight excluding hydrogens is 390 g/mol. The van der Waals surface area contributed by atoms with Crippen LogP contribution in [-0.2, 0) is 16.1 Å². The van der Waals surface area contributed by atoms with Gasteiger partial charge in [-0.25, -0.2) is 0 Å². The van der Waals surface area contributed by atoms with Crippen LogP contribution in [0.2, 0.25) is 0 Å². The van der Waals surface area contributed by atoms with E-state index in [0.29, 0.717) is 18.8 Å². The van der Waals surface area contributed by atoms with Gasteiger partial charge in [-0.3, -0.25) is 14.5 Å². The Bertz CT molecular complexity index is 833. The Balaban J connectivity index is 1.39. The third-order valence-electron chi connectivity index (χ3n) is 5.67.